The van der Waals surface area contributed by atoms with Crippen molar-refractivity contribution < 1.29 is 26.7 Å². The van der Waals surface area contributed by atoms with Crippen molar-refractivity contribution >= 4 is 26.0 Å². The lowest BCUT2D eigenvalue weighted by atomic mass is 10.3. The average molecular weight is 314 g/mol. The van der Waals surface area contributed by atoms with Crippen LogP contribution in [0.15, 0.2) is 0 Å². The number of hydrogen-bond acceptors (Lipinski definition) is 5. The summed E-state index contributed by atoms with van der Waals surface area (Å²) >= 11 is 0. The van der Waals surface area contributed by atoms with E-state index >= 15 is 0 Å². The van der Waals surface area contributed by atoms with Gasteiger partial charge in [-0.15, -0.1) is 0 Å². The van der Waals surface area contributed by atoms with E-state index in [2.05, 4.69) is 0 Å². The minimum absolute atomic E-state index is 0.0595. The zero-order valence-electron chi connectivity index (χ0n) is 10.6. The molecule has 0 aliphatic carbocycles. The van der Waals surface area contributed by atoms with Gasteiger partial charge in [0, 0.05) is 32.6 Å². The summed E-state index contributed by atoms with van der Waals surface area (Å²) in [6.45, 7) is 0.499. The van der Waals surface area contributed by atoms with Crippen LogP contribution in [0, 0.1) is 0 Å². The Morgan fingerprint density at radius 1 is 1.05 bits per heavy atom. The highest BCUT2D eigenvalue weighted by Crippen LogP contribution is 2.11. The van der Waals surface area contributed by atoms with Gasteiger partial charge in [-0.1, -0.05) is 0 Å². The van der Waals surface area contributed by atoms with Crippen molar-refractivity contribution in [2.45, 2.75) is 12.8 Å². The first-order valence-electron chi connectivity index (χ1n) is 5.77. The molecule has 0 amide bonds. The van der Waals surface area contributed by atoms with Crippen LogP contribution in [0.3, 0.4) is 0 Å². The summed E-state index contributed by atoms with van der Waals surface area (Å²) in [5.41, 5.74) is 0. The Bertz CT molecular complexity index is 519. The summed E-state index contributed by atoms with van der Waals surface area (Å²) in [4.78, 5) is 10.3. The Hall–Kier alpha value is -0.710. The molecule has 0 aromatic carbocycles. The maximum absolute atomic E-state index is 11.9. The minimum atomic E-state index is -3.50. The lowest BCUT2D eigenvalue weighted by molar-refractivity contribution is -0.137. The highest BCUT2D eigenvalue weighted by atomic mass is 32.2. The number of hydrogen-bond donors (Lipinski definition) is 1. The third kappa shape index (κ3) is 5.05. The van der Waals surface area contributed by atoms with E-state index in [0.717, 1.165) is 6.26 Å². The molecule has 1 rings (SSSR count). The number of sulfonamides is 2. The van der Waals surface area contributed by atoms with Crippen LogP contribution in [0.1, 0.15) is 12.8 Å². The van der Waals surface area contributed by atoms with Gasteiger partial charge in [-0.05, 0) is 6.42 Å². The highest BCUT2D eigenvalue weighted by molar-refractivity contribution is 7.89. The summed E-state index contributed by atoms with van der Waals surface area (Å²) in [5.74, 6) is -1.25. The molecule has 0 atom stereocenters. The Morgan fingerprint density at radius 3 is 1.95 bits per heavy atom. The molecule has 19 heavy (non-hydrogen) atoms. The molecule has 0 aromatic rings. The number of carboxylic acids is 1. The molecule has 10 heteroatoms. The third-order valence-corrected chi connectivity index (χ3v) is 6.11. The van der Waals surface area contributed by atoms with Crippen LogP contribution < -0.4 is 0 Å². The Balaban J connectivity index is 2.52. The average Bonchev–Trinajstić information content (AvgIpc) is 2.27. The number of carbonyl (C=O) groups is 1. The summed E-state index contributed by atoms with van der Waals surface area (Å²) in [6, 6.07) is 0. The zero-order chi connectivity index (χ0) is 14.7. The lowest BCUT2D eigenvalue weighted by Gasteiger charge is -2.32. The molecular weight excluding hydrogens is 296 g/mol. The number of piperazine rings is 1. The smallest absolute Gasteiger partial charge is 0.303 e. The van der Waals surface area contributed by atoms with Crippen LogP contribution >= 0.6 is 0 Å². The summed E-state index contributed by atoms with van der Waals surface area (Å²) in [5, 5.41) is 8.46. The van der Waals surface area contributed by atoms with Crippen molar-refractivity contribution in [2.24, 2.45) is 0 Å². The topological polar surface area (TPSA) is 112 Å². The quantitative estimate of drug-likeness (QED) is 0.656. The summed E-state index contributed by atoms with van der Waals surface area (Å²) < 4.78 is 48.8. The van der Waals surface area contributed by atoms with E-state index in [9.17, 15) is 21.6 Å². The van der Waals surface area contributed by atoms with Gasteiger partial charge >= 0.3 is 5.97 Å². The van der Waals surface area contributed by atoms with Gasteiger partial charge in [-0.25, -0.2) is 16.8 Å². The Kier molecular flexibility index (Phi) is 5.30. The van der Waals surface area contributed by atoms with Gasteiger partial charge in [-0.3, -0.25) is 4.79 Å². The first-order chi connectivity index (χ1) is 8.63. The van der Waals surface area contributed by atoms with Gasteiger partial charge in [-0.2, -0.15) is 8.61 Å². The predicted octanol–water partition coefficient (Wildman–Crippen LogP) is -1.24. The fourth-order valence-electron chi connectivity index (χ4n) is 1.81. The number of rotatable bonds is 6. The van der Waals surface area contributed by atoms with Crippen molar-refractivity contribution in [3.63, 3.8) is 0 Å². The largest absolute Gasteiger partial charge is 0.481 e. The van der Waals surface area contributed by atoms with E-state index < -0.39 is 26.0 Å². The van der Waals surface area contributed by atoms with E-state index in [1.807, 2.05) is 0 Å². The van der Waals surface area contributed by atoms with E-state index in [-0.39, 0.29) is 44.8 Å². The molecule has 0 spiro atoms. The van der Waals surface area contributed by atoms with Crippen LogP contribution in [0.5, 0.6) is 0 Å². The molecule has 1 heterocycles. The minimum Gasteiger partial charge on any atom is -0.481 e. The fourth-order valence-corrected chi connectivity index (χ4v) is 4.13. The van der Waals surface area contributed by atoms with Crippen molar-refractivity contribution in [1.29, 1.82) is 0 Å². The molecule has 1 N–H and O–H groups in total. The van der Waals surface area contributed by atoms with Crippen LogP contribution in [-0.2, 0) is 24.8 Å². The summed E-state index contributed by atoms with van der Waals surface area (Å²) in [6.07, 6.45) is 0.955. The second kappa shape index (κ2) is 6.16. The predicted molar refractivity (Wildman–Crippen MR) is 68.6 cm³/mol. The first-order valence-corrected chi connectivity index (χ1v) is 9.23. The lowest BCUT2D eigenvalue weighted by Crippen LogP contribution is -2.50. The molecule has 8 nitrogen and oxygen atoms in total. The number of aliphatic carboxylic acids is 1. The van der Waals surface area contributed by atoms with Crippen LogP contribution in [0.25, 0.3) is 0 Å². The molecule has 0 aromatic heterocycles. The van der Waals surface area contributed by atoms with Gasteiger partial charge in [0.2, 0.25) is 20.0 Å². The SMILES string of the molecule is CS(=O)(=O)N1CCN(S(=O)(=O)CCCC(=O)O)CC1. The molecule has 112 valence electrons. The fraction of sp³-hybridized carbons (Fsp3) is 0.889. The first kappa shape index (κ1) is 16.3. The maximum atomic E-state index is 11.9. The Morgan fingerprint density at radius 2 is 1.53 bits per heavy atom. The van der Waals surface area contributed by atoms with Crippen LogP contribution in [-0.4, -0.2) is 74.7 Å². The molecule has 1 fully saturated rings. The van der Waals surface area contributed by atoms with Crippen molar-refractivity contribution in [3.8, 4) is 0 Å². The normalized spacial score (nSPS) is 19.4. The molecule has 1 aliphatic rings. The van der Waals surface area contributed by atoms with Gasteiger partial charge < -0.3 is 5.11 Å². The Labute approximate surface area is 113 Å². The van der Waals surface area contributed by atoms with Crippen molar-refractivity contribution in [3.05, 3.63) is 0 Å². The highest BCUT2D eigenvalue weighted by Gasteiger charge is 2.29. The third-order valence-electron chi connectivity index (χ3n) is 2.85. The van der Waals surface area contributed by atoms with E-state index in [0.29, 0.717) is 0 Å². The van der Waals surface area contributed by atoms with Gasteiger partial charge in [0.1, 0.15) is 0 Å². The molecule has 1 saturated heterocycles. The monoisotopic (exact) mass is 314 g/mol. The van der Waals surface area contributed by atoms with Crippen LogP contribution in [0.4, 0.5) is 0 Å². The van der Waals surface area contributed by atoms with E-state index in [4.69, 9.17) is 5.11 Å². The van der Waals surface area contributed by atoms with Crippen molar-refractivity contribution in [1.82, 2.24) is 8.61 Å². The van der Waals surface area contributed by atoms with Gasteiger partial charge in [0.25, 0.3) is 0 Å². The summed E-state index contributed by atoms with van der Waals surface area (Å²) in [7, 11) is -6.79. The van der Waals surface area contributed by atoms with Crippen molar-refractivity contribution in [2.75, 3.05) is 38.2 Å². The van der Waals surface area contributed by atoms with E-state index in [1.54, 1.807) is 0 Å². The zero-order valence-corrected chi connectivity index (χ0v) is 12.3. The second-order valence-corrected chi connectivity index (χ2v) is 8.45. The van der Waals surface area contributed by atoms with Gasteiger partial charge in [0.15, 0.2) is 0 Å². The van der Waals surface area contributed by atoms with E-state index in [1.165, 1.54) is 8.61 Å². The molecular formula is C9H18N2O6S2. The standard InChI is InChI=1S/C9H18N2O6S2/c1-18(14,15)10-4-6-11(7-5-10)19(16,17)8-2-3-9(12)13/h2-8H2,1H3,(H,12,13). The molecule has 1 aliphatic heterocycles. The molecule has 0 radical (unpaired) electrons. The second-order valence-electron chi connectivity index (χ2n) is 4.37. The molecule has 0 saturated carbocycles. The number of nitrogens with zero attached hydrogens (tertiary/aromatic N) is 2. The molecule has 0 unspecified atom stereocenters. The maximum Gasteiger partial charge on any atom is 0.303 e. The van der Waals surface area contributed by atoms with Gasteiger partial charge in [0.05, 0.1) is 12.0 Å². The molecule has 0 bridgehead atoms. The number of carboxylic acid groups (broad SMARTS) is 1. The van der Waals surface area contributed by atoms with Crippen LogP contribution in [0.2, 0.25) is 0 Å².